The molecule has 6 heteroatoms. The monoisotopic (exact) mass is 447 g/mol. The second-order valence-electron chi connectivity index (χ2n) is 6.54. The fourth-order valence-electron chi connectivity index (χ4n) is 2.40. The predicted molar refractivity (Wildman–Crippen MR) is 110 cm³/mol. The summed E-state index contributed by atoms with van der Waals surface area (Å²) in [7, 11) is 1.79. The lowest BCUT2D eigenvalue weighted by atomic mass is 9.89. The molecule has 0 unspecified atom stereocenters. The number of nitrogens with one attached hydrogen (secondary N) is 2. The van der Waals surface area contributed by atoms with Gasteiger partial charge in [-0.1, -0.05) is 26.0 Å². The van der Waals surface area contributed by atoms with E-state index in [9.17, 15) is 0 Å². The Morgan fingerprint density at radius 3 is 2.67 bits per heavy atom. The molecule has 24 heavy (non-hydrogen) atoms. The third-order valence-corrected chi connectivity index (χ3v) is 3.94. The minimum atomic E-state index is 0. The Kier molecular flexibility index (Phi) is 8.83. The first-order chi connectivity index (χ1) is 11.1. The van der Waals surface area contributed by atoms with E-state index < -0.39 is 0 Å². The van der Waals surface area contributed by atoms with Gasteiger partial charge < -0.3 is 20.1 Å². The normalized spacial score (nSPS) is 15.9. The van der Waals surface area contributed by atoms with E-state index >= 15 is 0 Å². The first-order valence-electron chi connectivity index (χ1n) is 8.31. The maximum atomic E-state index is 5.86. The Hall–Kier alpha value is -1.02. The molecule has 0 atom stereocenters. The fourth-order valence-corrected chi connectivity index (χ4v) is 2.40. The average Bonchev–Trinajstić information content (AvgIpc) is 2.52. The lowest BCUT2D eigenvalue weighted by Crippen LogP contribution is -2.50. The summed E-state index contributed by atoms with van der Waals surface area (Å²) in [6.45, 7) is 10.3. The minimum Gasteiger partial charge on any atom is -0.493 e. The zero-order chi connectivity index (χ0) is 16.7. The van der Waals surface area contributed by atoms with Crippen LogP contribution >= 0.6 is 24.0 Å². The van der Waals surface area contributed by atoms with Crippen molar-refractivity contribution in [3.05, 3.63) is 29.3 Å². The van der Waals surface area contributed by atoms with Crippen molar-refractivity contribution >= 4 is 29.9 Å². The zero-order valence-corrected chi connectivity index (χ0v) is 17.5. The first-order valence-corrected chi connectivity index (χ1v) is 8.31. The molecule has 0 amide bonds. The van der Waals surface area contributed by atoms with Gasteiger partial charge in [0.2, 0.25) is 0 Å². The van der Waals surface area contributed by atoms with Gasteiger partial charge in [-0.25, -0.2) is 0 Å². The van der Waals surface area contributed by atoms with Crippen LogP contribution in [0.4, 0.5) is 0 Å². The number of aliphatic imine (C=N–C) groups is 1. The van der Waals surface area contributed by atoms with E-state index in [-0.39, 0.29) is 29.4 Å². The maximum Gasteiger partial charge on any atom is 0.191 e. The molecule has 0 spiro atoms. The van der Waals surface area contributed by atoms with Crippen LogP contribution in [0.25, 0.3) is 0 Å². The summed E-state index contributed by atoms with van der Waals surface area (Å²) < 4.78 is 11.1. The highest BCUT2D eigenvalue weighted by Crippen LogP contribution is 2.25. The summed E-state index contributed by atoms with van der Waals surface area (Å²) in [5, 5.41) is 6.74. The average molecular weight is 447 g/mol. The number of aryl methyl sites for hydroxylation is 1. The Labute approximate surface area is 162 Å². The van der Waals surface area contributed by atoms with Gasteiger partial charge in [-0.2, -0.15) is 0 Å². The van der Waals surface area contributed by atoms with Crippen LogP contribution in [0.3, 0.4) is 0 Å². The third-order valence-electron chi connectivity index (χ3n) is 3.94. The van der Waals surface area contributed by atoms with Gasteiger partial charge in [0, 0.05) is 31.1 Å². The summed E-state index contributed by atoms with van der Waals surface area (Å²) >= 11 is 0. The van der Waals surface area contributed by atoms with E-state index in [0.717, 1.165) is 50.1 Å². The Bertz CT molecular complexity index is 545. The highest BCUT2D eigenvalue weighted by atomic mass is 127. The molecule has 5 nitrogen and oxygen atoms in total. The van der Waals surface area contributed by atoms with Crippen LogP contribution in [0.15, 0.2) is 23.2 Å². The van der Waals surface area contributed by atoms with E-state index in [4.69, 9.17) is 9.47 Å². The van der Waals surface area contributed by atoms with Gasteiger partial charge in [-0.3, -0.25) is 4.99 Å². The van der Waals surface area contributed by atoms with Crippen molar-refractivity contribution < 1.29 is 9.47 Å². The molecular formula is C18H30IN3O2. The number of halogens is 1. The van der Waals surface area contributed by atoms with Crippen LogP contribution < -0.4 is 15.4 Å². The highest BCUT2D eigenvalue weighted by molar-refractivity contribution is 14.0. The summed E-state index contributed by atoms with van der Waals surface area (Å²) in [6.07, 6.45) is 1.00. The van der Waals surface area contributed by atoms with Crippen molar-refractivity contribution in [3.63, 3.8) is 0 Å². The highest BCUT2D eigenvalue weighted by Gasteiger charge is 2.33. The van der Waals surface area contributed by atoms with Gasteiger partial charge in [0.05, 0.1) is 19.8 Å². The molecule has 0 radical (unpaired) electrons. The lowest BCUT2D eigenvalue weighted by molar-refractivity contribution is -0.0971. The van der Waals surface area contributed by atoms with Gasteiger partial charge in [-0.05, 0) is 25.0 Å². The molecular weight excluding hydrogens is 417 g/mol. The van der Waals surface area contributed by atoms with Crippen molar-refractivity contribution in [3.8, 4) is 5.75 Å². The smallest absolute Gasteiger partial charge is 0.191 e. The molecule has 0 aliphatic carbocycles. The van der Waals surface area contributed by atoms with Gasteiger partial charge in [0.15, 0.2) is 5.96 Å². The molecule has 2 rings (SSSR count). The number of nitrogens with zero attached hydrogens (tertiary/aromatic N) is 1. The third kappa shape index (κ3) is 6.12. The van der Waals surface area contributed by atoms with Crippen molar-refractivity contribution in [2.45, 2.75) is 33.7 Å². The van der Waals surface area contributed by atoms with E-state index in [1.54, 1.807) is 7.05 Å². The van der Waals surface area contributed by atoms with Crippen molar-refractivity contribution in [2.24, 2.45) is 10.4 Å². The Morgan fingerprint density at radius 2 is 2.08 bits per heavy atom. The lowest BCUT2D eigenvalue weighted by Gasteiger charge is -2.38. The number of guanidine groups is 1. The van der Waals surface area contributed by atoms with Crippen LogP contribution in [0.5, 0.6) is 5.75 Å². The second-order valence-corrected chi connectivity index (χ2v) is 6.54. The number of benzene rings is 1. The number of rotatable bonds is 7. The van der Waals surface area contributed by atoms with Crippen molar-refractivity contribution in [2.75, 3.05) is 33.4 Å². The van der Waals surface area contributed by atoms with Crippen LogP contribution in [0.2, 0.25) is 0 Å². The van der Waals surface area contributed by atoms with Gasteiger partial charge in [0.25, 0.3) is 0 Å². The van der Waals surface area contributed by atoms with Crippen molar-refractivity contribution in [1.82, 2.24) is 10.6 Å². The maximum absolute atomic E-state index is 5.86. The minimum absolute atomic E-state index is 0. The molecule has 2 N–H and O–H groups in total. The van der Waals surface area contributed by atoms with Gasteiger partial charge >= 0.3 is 0 Å². The molecule has 1 aliphatic heterocycles. The summed E-state index contributed by atoms with van der Waals surface area (Å²) in [6, 6.07) is 6.32. The van der Waals surface area contributed by atoms with E-state index in [2.05, 4.69) is 54.6 Å². The molecule has 0 aromatic heterocycles. The molecule has 0 bridgehead atoms. The van der Waals surface area contributed by atoms with Gasteiger partial charge in [-0.15, -0.1) is 24.0 Å². The number of hydrogen-bond donors (Lipinski definition) is 2. The molecule has 1 saturated heterocycles. The standard InChI is InChI=1S/C18H29N3O2.HI/c1-5-8-23-16-9-14(2)6-7-15(16)10-20-17(19-4)21-11-18(3)12-22-13-18;/h6-7,9H,5,8,10-13H2,1-4H3,(H2,19,20,21);1H. The SMILES string of the molecule is CCCOc1cc(C)ccc1CNC(=NC)NCC1(C)COC1.I. The predicted octanol–water partition coefficient (Wildman–Crippen LogP) is 3.10. The first kappa shape index (κ1) is 21.0. The fraction of sp³-hybridized carbons (Fsp3) is 0.611. The molecule has 1 fully saturated rings. The topological polar surface area (TPSA) is 54.9 Å². The zero-order valence-electron chi connectivity index (χ0n) is 15.1. The van der Waals surface area contributed by atoms with E-state index in [0.29, 0.717) is 6.54 Å². The molecule has 1 aromatic rings. The van der Waals surface area contributed by atoms with Crippen LogP contribution in [-0.4, -0.2) is 39.4 Å². The molecule has 1 heterocycles. The van der Waals surface area contributed by atoms with Gasteiger partial charge in [0.1, 0.15) is 5.75 Å². The van der Waals surface area contributed by atoms with Crippen LogP contribution in [-0.2, 0) is 11.3 Å². The second kappa shape index (κ2) is 10.1. The number of ether oxygens (including phenoxy) is 2. The summed E-state index contributed by atoms with van der Waals surface area (Å²) in [4.78, 5) is 4.29. The van der Waals surface area contributed by atoms with Crippen LogP contribution in [0, 0.1) is 12.3 Å². The molecule has 1 aromatic carbocycles. The summed E-state index contributed by atoms with van der Waals surface area (Å²) in [5.41, 5.74) is 2.57. The number of hydrogen-bond acceptors (Lipinski definition) is 3. The van der Waals surface area contributed by atoms with E-state index in [1.807, 2.05) is 0 Å². The Morgan fingerprint density at radius 1 is 1.33 bits per heavy atom. The molecule has 1 aliphatic rings. The van der Waals surface area contributed by atoms with E-state index in [1.165, 1.54) is 5.56 Å². The Balaban J connectivity index is 0.00000288. The van der Waals surface area contributed by atoms with Crippen molar-refractivity contribution in [1.29, 1.82) is 0 Å². The largest absolute Gasteiger partial charge is 0.493 e. The van der Waals surface area contributed by atoms with Crippen LogP contribution in [0.1, 0.15) is 31.4 Å². The quantitative estimate of drug-likeness (QED) is 0.383. The molecule has 0 saturated carbocycles. The summed E-state index contributed by atoms with van der Waals surface area (Å²) in [5.74, 6) is 1.76. The molecule has 136 valence electrons.